The van der Waals surface area contributed by atoms with Crippen LogP contribution < -0.4 is 10.2 Å². The first-order valence-electron chi connectivity index (χ1n) is 8.46. The molecule has 1 unspecified atom stereocenters. The molecule has 0 spiro atoms. The van der Waals surface area contributed by atoms with Crippen molar-refractivity contribution >= 4 is 5.69 Å². The summed E-state index contributed by atoms with van der Waals surface area (Å²) in [6.45, 7) is 9.61. The number of para-hydroxylation sites is 1. The second kappa shape index (κ2) is 10.6. The van der Waals surface area contributed by atoms with E-state index >= 15 is 0 Å². The average molecular weight is 292 g/mol. The summed E-state index contributed by atoms with van der Waals surface area (Å²) in [5, 5.41) is 13.0. The number of aliphatic hydroxyl groups is 1. The summed E-state index contributed by atoms with van der Waals surface area (Å²) in [4.78, 5) is 2.33. The fraction of sp³-hybridized carbons (Fsp3) is 0.667. The van der Waals surface area contributed by atoms with Gasteiger partial charge in [0.15, 0.2) is 0 Å². The molecule has 0 aliphatic carbocycles. The standard InChI is InChI=1S/C18H32N2O/c1-4-7-13-20(14-15-21)18-11-9-8-10-16(18)17(6-3)19-12-5-2/h8-11,17,19,21H,4-7,12-15H2,1-3H3. The molecule has 0 bridgehead atoms. The van der Waals surface area contributed by atoms with Gasteiger partial charge >= 0.3 is 0 Å². The van der Waals surface area contributed by atoms with E-state index in [9.17, 15) is 5.11 Å². The monoisotopic (exact) mass is 292 g/mol. The summed E-state index contributed by atoms with van der Waals surface area (Å²) in [5.41, 5.74) is 2.63. The fourth-order valence-electron chi connectivity index (χ4n) is 2.69. The van der Waals surface area contributed by atoms with Crippen molar-refractivity contribution in [3.8, 4) is 0 Å². The van der Waals surface area contributed by atoms with Crippen LogP contribution in [-0.4, -0.2) is 31.3 Å². The van der Waals surface area contributed by atoms with Crippen LogP contribution in [0.15, 0.2) is 24.3 Å². The number of rotatable bonds is 11. The Hall–Kier alpha value is -1.06. The van der Waals surface area contributed by atoms with Gasteiger partial charge in [0.05, 0.1) is 6.61 Å². The van der Waals surface area contributed by atoms with E-state index in [0.29, 0.717) is 12.6 Å². The predicted molar refractivity (Wildman–Crippen MR) is 92.0 cm³/mol. The third-order valence-corrected chi connectivity index (χ3v) is 3.85. The van der Waals surface area contributed by atoms with Crippen LogP contribution in [0.5, 0.6) is 0 Å². The number of unbranched alkanes of at least 4 members (excludes halogenated alkanes) is 1. The molecule has 0 amide bonds. The third kappa shape index (κ3) is 5.68. The quantitative estimate of drug-likeness (QED) is 0.652. The third-order valence-electron chi connectivity index (χ3n) is 3.85. The van der Waals surface area contributed by atoms with Gasteiger partial charge in [-0.05, 0) is 37.4 Å². The molecule has 0 saturated carbocycles. The van der Waals surface area contributed by atoms with Gasteiger partial charge in [-0.25, -0.2) is 0 Å². The molecule has 0 aliphatic heterocycles. The highest BCUT2D eigenvalue weighted by atomic mass is 16.3. The van der Waals surface area contributed by atoms with Crippen molar-refractivity contribution in [1.82, 2.24) is 5.32 Å². The van der Waals surface area contributed by atoms with E-state index in [2.05, 4.69) is 55.3 Å². The van der Waals surface area contributed by atoms with Crippen LogP contribution in [0.2, 0.25) is 0 Å². The fourth-order valence-corrected chi connectivity index (χ4v) is 2.69. The smallest absolute Gasteiger partial charge is 0.0606 e. The molecule has 1 atom stereocenters. The van der Waals surface area contributed by atoms with Crippen molar-refractivity contribution in [3.05, 3.63) is 29.8 Å². The van der Waals surface area contributed by atoms with Crippen molar-refractivity contribution < 1.29 is 5.11 Å². The first-order chi connectivity index (χ1) is 10.3. The lowest BCUT2D eigenvalue weighted by molar-refractivity contribution is 0.301. The summed E-state index contributed by atoms with van der Waals surface area (Å²) in [6.07, 6.45) is 4.56. The number of hydrogen-bond donors (Lipinski definition) is 2. The SMILES string of the molecule is CCCCN(CCO)c1ccccc1C(CC)NCCC. The van der Waals surface area contributed by atoms with Gasteiger partial charge in [-0.15, -0.1) is 0 Å². The molecule has 2 N–H and O–H groups in total. The molecule has 0 aromatic heterocycles. The molecule has 0 radical (unpaired) electrons. The molecule has 21 heavy (non-hydrogen) atoms. The van der Waals surface area contributed by atoms with Gasteiger partial charge in [0.1, 0.15) is 0 Å². The molecule has 0 aliphatic rings. The van der Waals surface area contributed by atoms with Crippen molar-refractivity contribution in [3.63, 3.8) is 0 Å². The maximum atomic E-state index is 9.37. The van der Waals surface area contributed by atoms with Gasteiger partial charge < -0.3 is 15.3 Å². The van der Waals surface area contributed by atoms with Crippen molar-refractivity contribution in [1.29, 1.82) is 0 Å². The Kier molecular flexibility index (Phi) is 9.11. The number of anilines is 1. The van der Waals surface area contributed by atoms with Gasteiger partial charge in [0.25, 0.3) is 0 Å². The summed E-state index contributed by atoms with van der Waals surface area (Å²) in [6, 6.07) is 9.02. The van der Waals surface area contributed by atoms with Gasteiger partial charge in [-0.1, -0.05) is 45.4 Å². The van der Waals surface area contributed by atoms with Crippen LogP contribution in [0.1, 0.15) is 58.1 Å². The average Bonchev–Trinajstić information content (AvgIpc) is 2.53. The zero-order valence-corrected chi connectivity index (χ0v) is 13.9. The van der Waals surface area contributed by atoms with Crippen LogP contribution in [-0.2, 0) is 0 Å². The zero-order valence-electron chi connectivity index (χ0n) is 13.9. The Morgan fingerprint density at radius 3 is 2.48 bits per heavy atom. The molecule has 3 nitrogen and oxygen atoms in total. The van der Waals surface area contributed by atoms with E-state index in [1.807, 2.05) is 0 Å². The molecule has 3 heteroatoms. The molecule has 0 saturated heterocycles. The highest BCUT2D eigenvalue weighted by molar-refractivity contribution is 5.55. The Balaban J connectivity index is 2.97. The number of benzene rings is 1. The molecule has 1 aromatic carbocycles. The molecule has 120 valence electrons. The molecular weight excluding hydrogens is 260 g/mol. The van der Waals surface area contributed by atoms with E-state index in [4.69, 9.17) is 0 Å². The maximum Gasteiger partial charge on any atom is 0.0606 e. The highest BCUT2D eigenvalue weighted by Gasteiger charge is 2.16. The molecule has 0 heterocycles. The van der Waals surface area contributed by atoms with Gasteiger partial charge in [-0.3, -0.25) is 0 Å². The van der Waals surface area contributed by atoms with Gasteiger partial charge in [0.2, 0.25) is 0 Å². The Morgan fingerprint density at radius 1 is 1.10 bits per heavy atom. The largest absolute Gasteiger partial charge is 0.395 e. The number of aliphatic hydroxyl groups excluding tert-OH is 1. The Bertz CT molecular complexity index is 381. The summed E-state index contributed by atoms with van der Waals surface area (Å²) < 4.78 is 0. The zero-order chi connectivity index (χ0) is 15.5. The topological polar surface area (TPSA) is 35.5 Å². The number of hydrogen-bond acceptors (Lipinski definition) is 3. The molecular formula is C18H32N2O. The van der Waals surface area contributed by atoms with E-state index in [0.717, 1.165) is 32.4 Å². The van der Waals surface area contributed by atoms with Crippen molar-refractivity contribution in [2.45, 2.75) is 52.5 Å². The van der Waals surface area contributed by atoms with Crippen LogP contribution in [0.4, 0.5) is 5.69 Å². The van der Waals surface area contributed by atoms with E-state index in [-0.39, 0.29) is 6.61 Å². The normalized spacial score (nSPS) is 12.4. The molecule has 1 aromatic rings. The molecule has 0 fully saturated rings. The minimum absolute atomic E-state index is 0.206. The summed E-state index contributed by atoms with van der Waals surface area (Å²) in [7, 11) is 0. The Labute approximate surface area is 130 Å². The lowest BCUT2D eigenvalue weighted by Gasteiger charge is -2.29. The van der Waals surface area contributed by atoms with E-state index in [1.165, 1.54) is 17.7 Å². The number of nitrogens with one attached hydrogen (secondary N) is 1. The van der Waals surface area contributed by atoms with Crippen molar-refractivity contribution in [2.24, 2.45) is 0 Å². The van der Waals surface area contributed by atoms with Gasteiger partial charge in [0, 0.05) is 24.8 Å². The van der Waals surface area contributed by atoms with E-state index in [1.54, 1.807) is 0 Å². The van der Waals surface area contributed by atoms with Crippen LogP contribution in [0, 0.1) is 0 Å². The minimum atomic E-state index is 0.206. The highest BCUT2D eigenvalue weighted by Crippen LogP contribution is 2.28. The second-order valence-corrected chi connectivity index (χ2v) is 5.54. The number of nitrogens with zero attached hydrogens (tertiary/aromatic N) is 1. The second-order valence-electron chi connectivity index (χ2n) is 5.54. The minimum Gasteiger partial charge on any atom is -0.395 e. The first kappa shape index (κ1) is 18.0. The molecule has 1 rings (SSSR count). The summed E-state index contributed by atoms with van der Waals surface area (Å²) >= 11 is 0. The van der Waals surface area contributed by atoms with Crippen LogP contribution in [0.3, 0.4) is 0 Å². The van der Waals surface area contributed by atoms with Crippen LogP contribution in [0.25, 0.3) is 0 Å². The van der Waals surface area contributed by atoms with Gasteiger partial charge in [-0.2, -0.15) is 0 Å². The Morgan fingerprint density at radius 2 is 1.86 bits per heavy atom. The summed E-state index contributed by atoms with van der Waals surface area (Å²) in [5.74, 6) is 0. The lowest BCUT2D eigenvalue weighted by atomic mass is 10.0. The van der Waals surface area contributed by atoms with Crippen LogP contribution >= 0.6 is 0 Å². The lowest BCUT2D eigenvalue weighted by Crippen LogP contribution is -2.31. The van der Waals surface area contributed by atoms with Crippen molar-refractivity contribution in [2.75, 3.05) is 31.1 Å². The maximum absolute atomic E-state index is 9.37. The first-order valence-corrected chi connectivity index (χ1v) is 8.46. The predicted octanol–water partition coefficient (Wildman–Crippen LogP) is 3.74. The van der Waals surface area contributed by atoms with E-state index < -0.39 is 0 Å².